The lowest BCUT2D eigenvalue weighted by atomic mass is 10.0. The molecule has 0 aliphatic heterocycles. The van der Waals surface area contributed by atoms with Crippen LogP contribution in [0.15, 0.2) is 6.07 Å². The minimum Gasteiger partial charge on any atom is -0.504 e. The number of aryl methyl sites for hydroxylation is 2. The van der Waals surface area contributed by atoms with Crippen molar-refractivity contribution in [3.8, 4) is 11.5 Å². The van der Waals surface area contributed by atoms with E-state index in [1.165, 1.54) is 7.11 Å². The smallest absolute Gasteiger partial charge is 0.163 e. The van der Waals surface area contributed by atoms with E-state index in [1.54, 1.807) is 0 Å². The molecule has 0 aliphatic carbocycles. The summed E-state index contributed by atoms with van der Waals surface area (Å²) in [6, 6.07) is 1.95. The first-order valence-corrected chi connectivity index (χ1v) is 4.58. The van der Waals surface area contributed by atoms with Gasteiger partial charge in [0, 0.05) is 12.2 Å². The topological polar surface area (TPSA) is 49.7 Å². The Morgan fingerprint density at radius 3 is 2.43 bits per heavy atom. The molecule has 0 saturated carbocycles. The maximum atomic E-state index is 9.85. The van der Waals surface area contributed by atoms with Gasteiger partial charge >= 0.3 is 0 Å². The second kappa shape index (κ2) is 4.33. The zero-order chi connectivity index (χ0) is 10.7. The van der Waals surface area contributed by atoms with Gasteiger partial charge in [-0.25, -0.2) is 0 Å². The van der Waals surface area contributed by atoms with Crippen LogP contribution in [0.25, 0.3) is 0 Å². The van der Waals surface area contributed by atoms with Crippen molar-refractivity contribution in [3.05, 3.63) is 22.8 Å². The maximum absolute atomic E-state index is 9.85. The number of aliphatic hydroxyl groups excluding tert-OH is 1. The van der Waals surface area contributed by atoms with E-state index in [-0.39, 0.29) is 12.4 Å². The van der Waals surface area contributed by atoms with Gasteiger partial charge in [0.2, 0.25) is 0 Å². The summed E-state index contributed by atoms with van der Waals surface area (Å²) >= 11 is 0. The highest BCUT2D eigenvalue weighted by molar-refractivity contribution is 5.54. The lowest BCUT2D eigenvalue weighted by molar-refractivity contribution is 0.295. The minimum atomic E-state index is 0.0284. The number of benzene rings is 1. The molecule has 0 spiro atoms. The van der Waals surface area contributed by atoms with Crippen molar-refractivity contribution in [2.24, 2.45) is 0 Å². The molecular weight excluding hydrogens is 180 g/mol. The maximum Gasteiger partial charge on any atom is 0.163 e. The molecule has 0 bridgehead atoms. The number of aliphatic hydroxyl groups is 1. The standard InChI is InChI=1S/C11H16O3/c1-7-6-8(2)11(14-3)10(13)9(7)4-5-12/h6,12-13H,4-5H2,1-3H3. The van der Waals surface area contributed by atoms with Crippen molar-refractivity contribution in [2.75, 3.05) is 13.7 Å². The third-order valence-electron chi connectivity index (χ3n) is 2.33. The van der Waals surface area contributed by atoms with E-state index in [0.717, 1.165) is 16.7 Å². The van der Waals surface area contributed by atoms with Crippen LogP contribution in [0.3, 0.4) is 0 Å². The van der Waals surface area contributed by atoms with E-state index in [0.29, 0.717) is 12.2 Å². The van der Waals surface area contributed by atoms with Gasteiger partial charge in [-0.1, -0.05) is 6.07 Å². The fourth-order valence-electron chi connectivity index (χ4n) is 1.67. The number of hydrogen-bond donors (Lipinski definition) is 2. The van der Waals surface area contributed by atoms with Gasteiger partial charge in [0.1, 0.15) is 0 Å². The molecule has 0 aliphatic rings. The molecule has 0 unspecified atom stereocenters. The molecular formula is C11H16O3. The summed E-state index contributed by atoms with van der Waals surface area (Å²) in [5, 5.41) is 18.7. The normalized spacial score (nSPS) is 10.3. The van der Waals surface area contributed by atoms with Crippen molar-refractivity contribution < 1.29 is 14.9 Å². The molecule has 3 heteroatoms. The molecule has 1 aromatic rings. The Balaban J connectivity index is 3.28. The Labute approximate surface area is 84.0 Å². The quantitative estimate of drug-likeness (QED) is 0.771. The first-order chi connectivity index (χ1) is 6.61. The predicted octanol–water partition coefficient (Wildman–Crippen LogP) is 1.55. The van der Waals surface area contributed by atoms with Crippen LogP contribution in [-0.2, 0) is 6.42 Å². The van der Waals surface area contributed by atoms with Gasteiger partial charge in [-0.05, 0) is 31.4 Å². The average molecular weight is 196 g/mol. The molecule has 0 heterocycles. The third kappa shape index (κ3) is 1.82. The first-order valence-electron chi connectivity index (χ1n) is 4.58. The third-order valence-corrected chi connectivity index (χ3v) is 2.33. The van der Waals surface area contributed by atoms with Crippen LogP contribution in [0.5, 0.6) is 11.5 Å². The van der Waals surface area contributed by atoms with Gasteiger partial charge in [0.25, 0.3) is 0 Å². The average Bonchev–Trinajstić information content (AvgIpc) is 2.12. The van der Waals surface area contributed by atoms with Crippen LogP contribution in [0.2, 0.25) is 0 Å². The monoisotopic (exact) mass is 196 g/mol. The summed E-state index contributed by atoms with van der Waals surface area (Å²) in [6.07, 6.45) is 0.453. The van der Waals surface area contributed by atoms with Crippen molar-refractivity contribution in [3.63, 3.8) is 0 Å². The lowest BCUT2D eigenvalue weighted by Gasteiger charge is -2.13. The summed E-state index contributed by atoms with van der Waals surface area (Å²) in [6.45, 7) is 3.83. The highest BCUT2D eigenvalue weighted by Crippen LogP contribution is 2.35. The zero-order valence-electron chi connectivity index (χ0n) is 8.79. The largest absolute Gasteiger partial charge is 0.504 e. The Kier molecular flexibility index (Phi) is 3.36. The summed E-state index contributed by atoms with van der Waals surface area (Å²) in [5.41, 5.74) is 2.65. The molecule has 1 rings (SSSR count). The number of phenols is 1. The molecule has 0 fully saturated rings. The van der Waals surface area contributed by atoms with Gasteiger partial charge in [0.05, 0.1) is 7.11 Å². The second-order valence-corrected chi connectivity index (χ2v) is 3.34. The van der Waals surface area contributed by atoms with Crippen LogP contribution in [0.4, 0.5) is 0 Å². The SMILES string of the molecule is COc1c(C)cc(C)c(CCO)c1O. The van der Waals surface area contributed by atoms with Gasteiger partial charge in [-0.3, -0.25) is 0 Å². The van der Waals surface area contributed by atoms with Crippen molar-refractivity contribution >= 4 is 0 Å². The van der Waals surface area contributed by atoms with Crippen LogP contribution < -0.4 is 4.74 Å². The molecule has 1 aromatic carbocycles. The van der Waals surface area contributed by atoms with Crippen molar-refractivity contribution in [2.45, 2.75) is 20.3 Å². The number of ether oxygens (including phenoxy) is 1. The van der Waals surface area contributed by atoms with E-state index >= 15 is 0 Å². The van der Waals surface area contributed by atoms with E-state index in [2.05, 4.69) is 0 Å². The van der Waals surface area contributed by atoms with E-state index < -0.39 is 0 Å². The molecule has 14 heavy (non-hydrogen) atoms. The van der Waals surface area contributed by atoms with Crippen molar-refractivity contribution in [1.29, 1.82) is 0 Å². The zero-order valence-corrected chi connectivity index (χ0v) is 8.79. The first kappa shape index (κ1) is 10.9. The number of phenolic OH excluding ortho intramolecular Hbond substituents is 1. The number of aromatic hydroxyl groups is 1. The summed E-state index contributed by atoms with van der Waals surface area (Å²) in [4.78, 5) is 0. The van der Waals surface area contributed by atoms with E-state index in [9.17, 15) is 5.11 Å². The Morgan fingerprint density at radius 2 is 1.93 bits per heavy atom. The molecule has 0 aromatic heterocycles. The highest BCUT2D eigenvalue weighted by Gasteiger charge is 2.13. The molecule has 2 N–H and O–H groups in total. The molecule has 0 atom stereocenters. The Morgan fingerprint density at radius 1 is 1.29 bits per heavy atom. The minimum absolute atomic E-state index is 0.0284. The van der Waals surface area contributed by atoms with Crippen LogP contribution >= 0.6 is 0 Å². The summed E-state index contributed by atoms with van der Waals surface area (Å²) < 4.78 is 5.09. The molecule has 0 saturated heterocycles. The fourth-order valence-corrected chi connectivity index (χ4v) is 1.67. The van der Waals surface area contributed by atoms with Crippen LogP contribution in [0, 0.1) is 13.8 Å². The number of rotatable bonds is 3. The van der Waals surface area contributed by atoms with Crippen LogP contribution in [0.1, 0.15) is 16.7 Å². The van der Waals surface area contributed by atoms with E-state index in [1.807, 2.05) is 19.9 Å². The van der Waals surface area contributed by atoms with Gasteiger partial charge in [-0.2, -0.15) is 0 Å². The Hall–Kier alpha value is -1.22. The van der Waals surface area contributed by atoms with Gasteiger partial charge in [0.15, 0.2) is 11.5 Å². The number of hydrogen-bond acceptors (Lipinski definition) is 3. The lowest BCUT2D eigenvalue weighted by Crippen LogP contribution is -1.98. The van der Waals surface area contributed by atoms with Gasteiger partial charge < -0.3 is 14.9 Å². The van der Waals surface area contributed by atoms with E-state index in [4.69, 9.17) is 9.84 Å². The van der Waals surface area contributed by atoms with Crippen LogP contribution in [-0.4, -0.2) is 23.9 Å². The Bertz CT molecular complexity index is 332. The molecule has 0 amide bonds. The summed E-state index contributed by atoms with van der Waals surface area (Å²) in [5.74, 6) is 0.651. The van der Waals surface area contributed by atoms with Crippen molar-refractivity contribution in [1.82, 2.24) is 0 Å². The highest BCUT2D eigenvalue weighted by atomic mass is 16.5. The molecule has 78 valence electrons. The fraction of sp³-hybridized carbons (Fsp3) is 0.455. The second-order valence-electron chi connectivity index (χ2n) is 3.34. The number of methoxy groups -OCH3 is 1. The van der Waals surface area contributed by atoms with Gasteiger partial charge in [-0.15, -0.1) is 0 Å². The predicted molar refractivity (Wildman–Crippen MR) is 54.9 cm³/mol. The summed E-state index contributed by atoms with van der Waals surface area (Å²) in [7, 11) is 1.53. The molecule has 0 radical (unpaired) electrons. The molecule has 3 nitrogen and oxygen atoms in total.